The number of carbonyl (C=O) groups is 1. The van der Waals surface area contributed by atoms with Crippen LogP contribution in [0.15, 0.2) is 39.9 Å². The topological polar surface area (TPSA) is 123 Å². The van der Waals surface area contributed by atoms with Crippen LogP contribution in [-0.4, -0.2) is 51.5 Å². The summed E-state index contributed by atoms with van der Waals surface area (Å²) in [6.07, 6.45) is 4.81. The normalized spacial score (nSPS) is 15.2. The Morgan fingerprint density at radius 2 is 1.78 bits per heavy atom. The van der Waals surface area contributed by atoms with E-state index in [2.05, 4.69) is 20.4 Å². The molecule has 1 aliphatic rings. The van der Waals surface area contributed by atoms with Gasteiger partial charge in [0.05, 0.1) is 5.69 Å². The Hall–Kier alpha value is -3.05. The van der Waals surface area contributed by atoms with Crippen LogP contribution >= 0.6 is 0 Å². The van der Waals surface area contributed by atoms with Crippen LogP contribution in [0.4, 0.5) is 5.82 Å². The van der Waals surface area contributed by atoms with E-state index >= 15 is 0 Å². The first-order valence-electron chi connectivity index (χ1n) is 10.4. The van der Waals surface area contributed by atoms with Gasteiger partial charge in [-0.1, -0.05) is 20.8 Å². The summed E-state index contributed by atoms with van der Waals surface area (Å²) in [7, 11) is -3.70. The van der Waals surface area contributed by atoms with Crippen LogP contribution in [0.5, 0.6) is 0 Å². The third-order valence-corrected chi connectivity index (χ3v) is 7.25. The van der Waals surface area contributed by atoms with E-state index in [4.69, 9.17) is 4.42 Å². The van der Waals surface area contributed by atoms with Gasteiger partial charge in [-0.2, -0.15) is 14.1 Å². The molecule has 11 heteroatoms. The molecule has 0 saturated carbocycles. The maximum absolute atomic E-state index is 13.0. The van der Waals surface area contributed by atoms with Crippen molar-refractivity contribution in [2.75, 3.05) is 18.4 Å². The minimum atomic E-state index is -3.70. The highest BCUT2D eigenvalue weighted by molar-refractivity contribution is 7.89. The summed E-state index contributed by atoms with van der Waals surface area (Å²) in [5.41, 5.74) is 0.450. The molecule has 1 N–H and O–H groups in total. The van der Waals surface area contributed by atoms with Crippen molar-refractivity contribution in [3.05, 3.63) is 47.8 Å². The fraction of sp³-hybridized carbons (Fsp3) is 0.429. The second kappa shape index (κ2) is 8.14. The van der Waals surface area contributed by atoms with Crippen LogP contribution in [0.1, 0.15) is 55.6 Å². The number of sulfonamides is 1. The van der Waals surface area contributed by atoms with Gasteiger partial charge in [-0.3, -0.25) is 4.79 Å². The second-order valence-corrected chi connectivity index (χ2v) is 10.6. The van der Waals surface area contributed by atoms with E-state index < -0.39 is 15.9 Å². The number of hydrogen-bond acceptors (Lipinski definition) is 7. The predicted octanol–water partition coefficient (Wildman–Crippen LogP) is 2.90. The molecule has 1 fully saturated rings. The molecule has 0 spiro atoms. The van der Waals surface area contributed by atoms with Crippen molar-refractivity contribution in [3.63, 3.8) is 0 Å². The second-order valence-electron chi connectivity index (χ2n) is 8.72. The fourth-order valence-electron chi connectivity index (χ4n) is 3.47. The van der Waals surface area contributed by atoms with Gasteiger partial charge < -0.3 is 9.73 Å². The lowest BCUT2D eigenvalue weighted by Gasteiger charge is -2.14. The molecule has 10 nitrogen and oxygen atoms in total. The zero-order valence-corrected chi connectivity index (χ0v) is 19.3. The Labute approximate surface area is 186 Å². The van der Waals surface area contributed by atoms with E-state index in [0.717, 1.165) is 18.5 Å². The molecule has 0 aliphatic carbocycles. The van der Waals surface area contributed by atoms with Crippen LogP contribution in [-0.2, 0) is 15.4 Å². The quantitative estimate of drug-likeness (QED) is 0.623. The number of anilines is 1. The summed E-state index contributed by atoms with van der Waals surface area (Å²) in [6.45, 7) is 8.49. The predicted molar refractivity (Wildman–Crippen MR) is 117 cm³/mol. The monoisotopic (exact) mass is 458 g/mol. The number of amides is 1. The van der Waals surface area contributed by atoms with Crippen molar-refractivity contribution >= 4 is 21.7 Å². The van der Waals surface area contributed by atoms with Crippen molar-refractivity contribution in [1.82, 2.24) is 24.1 Å². The van der Waals surface area contributed by atoms with Crippen LogP contribution in [0.2, 0.25) is 0 Å². The number of nitrogens with zero attached hydrogens (tertiary/aromatic N) is 5. The smallest absolute Gasteiger partial charge is 0.292 e. The summed E-state index contributed by atoms with van der Waals surface area (Å²) in [5, 5.41) is 7.32. The Morgan fingerprint density at radius 1 is 1.12 bits per heavy atom. The van der Waals surface area contributed by atoms with Gasteiger partial charge in [-0.25, -0.2) is 18.4 Å². The van der Waals surface area contributed by atoms with E-state index in [9.17, 15) is 13.2 Å². The average molecular weight is 459 g/mol. The molecule has 0 bridgehead atoms. The molecule has 1 aliphatic heterocycles. The molecule has 0 aromatic carbocycles. The number of carbonyl (C=O) groups excluding carboxylic acids is 1. The van der Waals surface area contributed by atoms with Crippen molar-refractivity contribution in [2.24, 2.45) is 0 Å². The molecule has 0 unspecified atom stereocenters. The van der Waals surface area contributed by atoms with Crippen molar-refractivity contribution in [3.8, 4) is 5.95 Å². The number of aryl methyl sites for hydroxylation is 1. The third-order valence-electron chi connectivity index (χ3n) is 5.24. The van der Waals surface area contributed by atoms with Gasteiger partial charge in [0.15, 0.2) is 5.76 Å². The molecule has 0 atom stereocenters. The first-order chi connectivity index (χ1) is 15.1. The maximum atomic E-state index is 13.0. The van der Waals surface area contributed by atoms with Gasteiger partial charge in [-0.05, 0) is 25.8 Å². The molecule has 3 aromatic rings. The molecule has 1 saturated heterocycles. The number of furan rings is 1. The van der Waals surface area contributed by atoms with Gasteiger partial charge in [0.2, 0.25) is 10.0 Å². The summed E-state index contributed by atoms with van der Waals surface area (Å²) >= 11 is 0. The minimum Gasteiger partial charge on any atom is -0.455 e. The molecule has 4 rings (SSSR count). The molecular formula is C21H26N6O4S. The van der Waals surface area contributed by atoms with Gasteiger partial charge in [0.25, 0.3) is 11.9 Å². The summed E-state index contributed by atoms with van der Waals surface area (Å²) in [4.78, 5) is 21.4. The highest BCUT2D eigenvalue weighted by Crippen LogP contribution is 2.28. The maximum Gasteiger partial charge on any atom is 0.292 e. The molecule has 170 valence electrons. The lowest BCUT2D eigenvalue weighted by Crippen LogP contribution is -2.28. The lowest BCUT2D eigenvalue weighted by molar-refractivity contribution is 0.0994. The van der Waals surface area contributed by atoms with Gasteiger partial charge >= 0.3 is 0 Å². The summed E-state index contributed by atoms with van der Waals surface area (Å²) in [5.74, 6) is 0.139. The van der Waals surface area contributed by atoms with Crippen LogP contribution < -0.4 is 5.32 Å². The molecule has 0 radical (unpaired) electrons. The summed E-state index contributed by atoms with van der Waals surface area (Å²) < 4.78 is 34.2. The summed E-state index contributed by atoms with van der Waals surface area (Å²) in [6, 6.07) is 4.71. The van der Waals surface area contributed by atoms with Gasteiger partial charge in [-0.15, -0.1) is 0 Å². The average Bonchev–Trinajstić information content (AvgIpc) is 3.48. The van der Waals surface area contributed by atoms with E-state index in [0.29, 0.717) is 24.9 Å². The first-order valence-corrected chi connectivity index (χ1v) is 11.8. The Bertz CT molecular complexity index is 1240. The number of nitrogens with one attached hydrogen (secondary N) is 1. The highest BCUT2D eigenvalue weighted by atomic mass is 32.2. The number of hydrogen-bond donors (Lipinski definition) is 1. The van der Waals surface area contributed by atoms with E-state index in [-0.39, 0.29) is 21.8 Å². The first kappa shape index (κ1) is 22.2. The van der Waals surface area contributed by atoms with E-state index in [1.165, 1.54) is 15.1 Å². The fourth-order valence-corrected chi connectivity index (χ4v) is 5.15. The van der Waals surface area contributed by atoms with Crippen LogP contribution in [0.3, 0.4) is 0 Å². The zero-order valence-electron chi connectivity index (χ0n) is 18.5. The van der Waals surface area contributed by atoms with Crippen LogP contribution in [0, 0.1) is 6.92 Å². The Balaban J connectivity index is 1.66. The number of rotatable bonds is 5. The molecular weight excluding hydrogens is 432 g/mol. The minimum absolute atomic E-state index is 0.0137. The molecule has 32 heavy (non-hydrogen) atoms. The Kier molecular flexibility index (Phi) is 5.63. The third kappa shape index (κ3) is 4.17. The number of aromatic nitrogens is 4. The molecule has 4 heterocycles. The van der Waals surface area contributed by atoms with Crippen molar-refractivity contribution in [2.45, 2.75) is 50.8 Å². The van der Waals surface area contributed by atoms with Crippen LogP contribution in [0.25, 0.3) is 5.95 Å². The molecule has 1 amide bonds. The van der Waals surface area contributed by atoms with Gasteiger partial charge in [0, 0.05) is 43.0 Å². The van der Waals surface area contributed by atoms with E-state index in [1.54, 1.807) is 31.5 Å². The van der Waals surface area contributed by atoms with Crippen molar-refractivity contribution < 1.29 is 17.6 Å². The zero-order chi connectivity index (χ0) is 23.1. The Morgan fingerprint density at radius 3 is 2.41 bits per heavy atom. The highest BCUT2D eigenvalue weighted by Gasteiger charge is 2.32. The lowest BCUT2D eigenvalue weighted by atomic mass is 9.92. The van der Waals surface area contributed by atoms with E-state index in [1.807, 2.05) is 20.8 Å². The molecule has 3 aromatic heterocycles. The largest absolute Gasteiger partial charge is 0.455 e. The van der Waals surface area contributed by atoms with Crippen molar-refractivity contribution in [1.29, 1.82) is 0 Å². The standard InChI is InChI=1S/C21H26N6O4S/c1-14-16(32(29,30)26-10-5-6-11-26)12-15(31-14)19(28)24-18-13-17(21(2,3)4)25-27(18)20-22-8-7-9-23-20/h7-9,12-13H,5-6,10-11H2,1-4H3,(H,24,28). The van der Waals surface area contributed by atoms with Gasteiger partial charge in [0.1, 0.15) is 16.5 Å². The SMILES string of the molecule is Cc1oc(C(=O)Nc2cc(C(C)(C)C)nn2-c2ncccn2)cc1S(=O)(=O)N1CCCC1.